The molecule has 3 rings (SSSR count). The lowest BCUT2D eigenvalue weighted by atomic mass is 10.2. The predicted molar refractivity (Wildman–Crippen MR) is 86.7 cm³/mol. The first kappa shape index (κ1) is 16.2. The molecule has 0 bridgehead atoms. The summed E-state index contributed by atoms with van der Waals surface area (Å²) >= 11 is 0. The average molecular weight is 321 g/mol. The zero-order chi connectivity index (χ0) is 14.7. The van der Waals surface area contributed by atoms with Crippen LogP contribution in [0.5, 0.6) is 0 Å². The Balaban J connectivity index is 0.00000176. The fourth-order valence-electron chi connectivity index (χ4n) is 1.90. The number of oxazole rings is 1. The van der Waals surface area contributed by atoms with Gasteiger partial charge in [0.2, 0.25) is 5.89 Å². The lowest BCUT2D eigenvalue weighted by Crippen LogP contribution is -2.24. The molecule has 0 aliphatic rings. The minimum Gasteiger partial charge on any atom is -0.437 e. The molecular formula is C15H17ClN4O2. The molecule has 0 saturated heterocycles. The monoisotopic (exact) mass is 320 g/mol. The van der Waals surface area contributed by atoms with E-state index in [2.05, 4.69) is 27.4 Å². The highest BCUT2D eigenvalue weighted by molar-refractivity contribution is 5.85. The molecule has 2 heterocycles. The standard InChI is InChI=1S/C15H16N4O2.ClH/c1-10(16-2)9-13-18-15(21-19-13)8-7-14-17-11-5-3-4-6-12(11)20-14;/h3-8,10,16H,9H2,1-2H3;1H/b8-7+;. The topological polar surface area (TPSA) is 77.0 Å². The van der Waals surface area contributed by atoms with E-state index < -0.39 is 0 Å². The van der Waals surface area contributed by atoms with E-state index in [1.54, 1.807) is 12.2 Å². The van der Waals surface area contributed by atoms with E-state index in [0.717, 1.165) is 17.5 Å². The van der Waals surface area contributed by atoms with Crippen molar-refractivity contribution >= 4 is 35.7 Å². The normalized spacial score (nSPS) is 12.6. The third-order valence-electron chi connectivity index (χ3n) is 3.14. The van der Waals surface area contributed by atoms with Crippen molar-refractivity contribution in [2.24, 2.45) is 0 Å². The van der Waals surface area contributed by atoms with Gasteiger partial charge in [0.15, 0.2) is 11.4 Å². The Morgan fingerprint density at radius 1 is 1.18 bits per heavy atom. The second-order valence-electron chi connectivity index (χ2n) is 4.80. The molecule has 0 fully saturated rings. The summed E-state index contributed by atoms with van der Waals surface area (Å²) in [7, 11) is 1.90. The Morgan fingerprint density at radius 3 is 2.73 bits per heavy atom. The van der Waals surface area contributed by atoms with Crippen molar-refractivity contribution in [1.29, 1.82) is 0 Å². The third kappa shape index (κ3) is 3.72. The van der Waals surface area contributed by atoms with Gasteiger partial charge in [-0.15, -0.1) is 12.4 Å². The fourth-order valence-corrected chi connectivity index (χ4v) is 1.90. The smallest absolute Gasteiger partial charge is 0.250 e. The number of likely N-dealkylation sites (N-methyl/N-ethyl adjacent to an activating group) is 1. The zero-order valence-electron chi connectivity index (χ0n) is 12.3. The van der Waals surface area contributed by atoms with Gasteiger partial charge in [0, 0.05) is 24.6 Å². The molecule has 116 valence electrons. The fraction of sp³-hybridized carbons (Fsp3) is 0.267. The van der Waals surface area contributed by atoms with Crippen LogP contribution in [0, 0.1) is 0 Å². The molecule has 22 heavy (non-hydrogen) atoms. The summed E-state index contributed by atoms with van der Waals surface area (Å²) in [5, 5.41) is 7.06. The Bertz CT molecular complexity index is 733. The molecule has 1 N–H and O–H groups in total. The number of hydrogen-bond acceptors (Lipinski definition) is 6. The van der Waals surface area contributed by atoms with Crippen molar-refractivity contribution in [3.8, 4) is 0 Å². The second-order valence-corrected chi connectivity index (χ2v) is 4.80. The van der Waals surface area contributed by atoms with E-state index in [9.17, 15) is 0 Å². The van der Waals surface area contributed by atoms with Crippen LogP contribution in [0.1, 0.15) is 24.5 Å². The van der Waals surface area contributed by atoms with Crippen LogP contribution in [-0.4, -0.2) is 28.2 Å². The number of halogens is 1. The van der Waals surface area contributed by atoms with Crippen molar-refractivity contribution in [3.63, 3.8) is 0 Å². The van der Waals surface area contributed by atoms with Gasteiger partial charge in [-0.3, -0.25) is 0 Å². The summed E-state index contributed by atoms with van der Waals surface area (Å²) in [4.78, 5) is 8.64. The summed E-state index contributed by atoms with van der Waals surface area (Å²) < 4.78 is 10.7. The van der Waals surface area contributed by atoms with Crippen LogP contribution in [0.25, 0.3) is 23.3 Å². The van der Waals surface area contributed by atoms with E-state index >= 15 is 0 Å². The van der Waals surface area contributed by atoms with Gasteiger partial charge in [-0.05, 0) is 26.1 Å². The number of nitrogens with zero attached hydrogens (tertiary/aromatic N) is 3. The molecule has 1 atom stereocenters. The quantitative estimate of drug-likeness (QED) is 0.778. The van der Waals surface area contributed by atoms with E-state index in [1.807, 2.05) is 31.3 Å². The Hall–Kier alpha value is -2.18. The Morgan fingerprint density at radius 2 is 1.95 bits per heavy atom. The Kier molecular flexibility index (Phi) is 5.30. The lowest BCUT2D eigenvalue weighted by Gasteiger charge is -2.04. The summed E-state index contributed by atoms with van der Waals surface area (Å²) in [5.41, 5.74) is 1.58. The van der Waals surface area contributed by atoms with Crippen LogP contribution < -0.4 is 5.32 Å². The molecule has 0 aliphatic heterocycles. The number of nitrogens with one attached hydrogen (secondary N) is 1. The molecular weight excluding hydrogens is 304 g/mol. The van der Waals surface area contributed by atoms with Gasteiger partial charge < -0.3 is 14.3 Å². The molecule has 1 unspecified atom stereocenters. The van der Waals surface area contributed by atoms with Crippen LogP contribution in [0.3, 0.4) is 0 Å². The third-order valence-corrected chi connectivity index (χ3v) is 3.14. The van der Waals surface area contributed by atoms with Crippen LogP contribution in [0.2, 0.25) is 0 Å². The van der Waals surface area contributed by atoms with Crippen molar-refractivity contribution in [3.05, 3.63) is 41.9 Å². The van der Waals surface area contributed by atoms with Gasteiger partial charge in [0.05, 0.1) is 0 Å². The number of hydrogen-bond donors (Lipinski definition) is 1. The second kappa shape index (κ2) is 7.20. The number of benzene rings is 1. The molecule has 3 aromatic rings. The number of para-hydroxylation sites is 2. The number of rotatable bonds is 5. The van der Waals surface area contributed by atoms with Gasteiger partial charge in [0.25, 0.3) is 5.89 Å². The summed E-state index contributed by atoms with van der Waals surface area (Å²) in [6, 6.07) is 7.92. The molecule has 1 aromatic carbocycles. The van der Waals surface area contributed by atoms with Crippen LogP contribution in [-0.2, 0) is 6.42 Å². The SMILES string of the molecule is CNC(C)Cc1noc(/C=C/c2nc3ccccc3o2)n1.Cl. The number of fused-ring (bicyclic) bond motifs is 1. The van der Waals surface area contributed by atoms with E-state index in [0.29, 0.717) is 23.6 Å². The van der Waals surface area contributed by atoms with Gasteiger partial charge in [-0.1, -0.05) is 17.3 Å². The van der Waals surface area contributed by atoms with Gasteiger partial charge in [-0.2, -0.15) is 4.98 Å². The van der Waals surface area contributed by atoms with E-state index in [1.165, 1.54) is 0 Å². The van der Waals surface area contributed by atoms with Crippen LogP contribution in [0.4, 0.5) is 0 Å². The maximum atomic E-state index is 5.58. The predicted octanol–water partition coefficient (Wildman–Crippen LogP) is 2.95. The molecule has 0 radical (unpaired) electrons. The maximum Gasteiger partial charge on any atom is 0.250 e. The summed E-state index contributed by atoms with van der Waals surface area (Å²) in [5.74, 6) is 1.63. The summed E-state index contributed by atoms with van der Waals surface area (Å²) in [6.45, 7) is 2.06. The largest absolute Gasteiger partial charge is 0.437 e. The first-order chi connectivity index (χ1) is 10.2. The average Bonchev–Trinajstić information content (AvgIpc) is 3.10. The molecule has 7 heteroatoms. The van der Waals surface area contributed by atoms with E-state index in [-0.39, 0.29) is 12.4 Å². The van der Waals surface area contributed by atoms with Crippen molar-refractivity contribution in [2.45, 2.75) is 19.4 Å². The first-order valence-corrected chi connectivity index (χ1v) is 6.78. The van der Waals surface area contributed by atoms with Crippen LogP contribution >= 0.6 is 12.4 Å². The van der Waals surface area contributed by atoms with Gasteiger partial charge >= 0.3 is 0 Å². The highest BCUT2D eigenvalue weighted by Gasteiger charge is 2.08. The lowest BCUT2D eigenvalue weighted by molar-refractivity contribution is 0.400. The van der Waals surface area contributed by atoms with Gasteiger partial charge in [-0.25, -0.2) is 4.98 Å². The zero-order valence-corrected chi connectivity index (χ0v) is 13.1. The maximum absolute atomic E-state index is 5.58. The molecule has 0 aliphatic carbocycles. The molecule has 6 nitrogen and oxygen atoms in total. The molecule has 0 amide bonds. The molecule has 0 saturated carbocycles. The number of aromatic nitrogens is 3. The van der Waals surface area contributed by atoms with Crippen molar-refractivity contribution < 1.29 is 8.94 Å². The van der Waals surface area contributed by atoms with E-state index in [4.69, 9.17) is 8.94 Å². The molecule has 0 spiro atoms. The summed E-state index contributed by atoms with van der Waals surface area (Å²) in [6.07, 6.45) is 4.14. The van der Waals surface area contributed by atoms with Crippen molar-refractivity contribution in [1.82, 2.24) is 20.4 Å². The highest BCUT2D eigenvalue weighted by atomic mass is 35.5. The minimum atomic E-state index is 0. The highest BCUT2D eigenvalue weighted by Crippen LogP contribution is 2.16. The van der Waals surface area contributed by atoms with Crippen molar-refractivity contribution in [2.75, 3.05) is 7.05 Å². The van der Waals surface area contributed by atoms with Gasteiger partial charge in [0.1, 0.15) is 5.52 Å². The molecule has 2 aromatic heterocycles. The first-order valence-electron chi connectivity index (χ1n) is 6.78. The minimum absolute atomic E-state index is 0. The Labute approximate surface area is 134 Å². The van der Waals surface area contributed by atoms with Crippen LogP contribution in [0.15, 0.2) is 33.2 Å².